The molecule has 0 unspecified atom stereocenters. The van der Waals surface area contributed by atoms with Gasteiger partial charge in [-0.25, -0.2) is 0 Å². The van der Waals surface area contributed by atoms with Gasteiger partial charge in [-0.1, -0.05) is 11.3 Å². The molecule has 0 bridgehead atoms. The summed E-state index contributed by atoms with van der Waals surface area (Å²) < 4.78 is 36.0. The highest BCUT2D eigenvalue weighted by molar-refractivity contribution is 7.15. The van der Waals surface area contributed by atoms with Crippen molar-refractivity contribution in [1.82, 2.24) is 15.1 Å². The molecule has 0 fully saturated rings. The van der Waals surface area contributed by atoms with Gasteiger partial charge in [0.2, 0.25) is 4.47 Å². The molecule has 86 valence electrons. The molecule has 0 aliphatic heterocycles. The molecule has 1 aromatic heterocycles. The normalized spacial score (nSPS) is 12.4. The van der Waals surface area contributed by atoms with Gasteiger partial charge in [0.05, 0.1) is 13.0 Å². The summed E-state index contributed by atoms with van der Waals surface area (Å²) in [5.74, 6) is 0. The van der Waals surface area contributed by atoms with Crippen LogP contribution in [0.1, 0.15) is 11.4 Å². The quantitative estimate of drug-likeness (QED) is 0.832. The van der Waals surface area contributed by atoms with Crippen molar-refractivity contribution in [3.63, 3.8) is 0 Å². The molecule has 1 heterocycles. The summed E-state index contributed by atoms with van der Waals surface area (Å²) in [4.78, 5) is 1.53. The molecule has 0 spiro atoms. The monoisotopic (exact) mass is 259 g/mol. The minimum atomic E-state index is -4.12. The smallest absolute Gasteiger partial charge is 0.299 e. The summed E-state index contributed by atoms with van der Waals surface area (Å²) >= 11 is 6.71. The van der Waals surface area contributed by atoms with Gasteiger partial charge in [0.25, 0.3) is 0 Å². The van der Waals surface area contributed by atoms with E-state index in [0.29, 0.717) is 16.0 Å². The number of nitrogens with zero attached hydrogens (tertiary/aromatic N) is 3. The first-order valence-electron chi connectivity index (χ1n) is 4.10. The summed E-state index contributed by atoms with van der Waals surface area (Å²) in [6.07, 6.45) is -4.94. The highest BCUT2D eigenvalue weighted by Gasteiger charge is 2.27. The molecule has 1 aromatic rings. The first-order valence-corrected chi connectivity index (χ1v) is 5.29. The fourth-order valence-corrected chi connectivity index (χ4v) is 1.87. The van der Waals surface area contributed by atoms with Crippen molar-refractivity contribution >= 4 is 22.9 Å². The molecule has 0 radical (unpaired) electrons. The molecular weight excluding hydrogens is 251 g/mol. The first-order chi connectivity index (χ1) is 6.87. The van der Waals surface area contributed by atoms with Crippen LogP contribution in [-0.2, 0) is 6.54 Å². The molecule has 8 heteroatoms. The van der Waals surface area contributed by atoms with E-state index in [2.05, 4.69) is 10.2 Å². The van der Waals surface area contributed by atoms with Crippen LogP contribution in [0.25, 0.3) is 0 Å². The molecule has 0 saturated heterocycles. The van der Waals surface area contributed by atoms with Crippen molar-refractivity contribution in [3.8, 4) is 0 Å². The van der Waals surface area contributed by atoms with Crippen LogP contribution in [0, 0.1) is 0 Å². The highest BCUT2D eigenvalue weighted by Crippen LogP contribution is 2.20. The molecular formula is C7H9ClF3N3S. The number of hydrogen-bond donors (Lipinski definition) is 0. The Kier molecular flexibility index (Phi) is 4.30. The van der Waals surface area contributed by atoms with Gasteiger partial charge in [-0.3, -0.25) is 4.90 Å². The van der Waals surface area contributed by atoms with Gasteiger partial charge in [0, 0.05) is 6.54 Å². The second kappa shape index (κ2) is 5.09. The Balaban J connectivity index is 2.33. The third kappa shape index (κ3) is 5.29. The summed E-state index contributed by atoms with van der Waals surface area (Å²) in [5.41, 5.74) is 0. The summed E-state index contributed by atoms with van der Waals surface area (Å²) in [6.45, 7) is 0.279. The maximum absolute atomic E-state index is 11.9. The predicted molar refractivity (Wildman–Crippen MR) is 51.9 cm³/mol. The first kappa shape index (κ1) is 12.7. The van der Waals surface area contributed by atoms with Crippen molar-refractivity contribution in [2.75, 3.05) is 13.6 Å². The van der Waals surface area contributed by atoms with Gasteiger partial charge in [-0.15, -0.1) is 10.2 Å². The second-order valence-corrected chi connectivity index (χ2v) is 4.70. The van der Waals surface area contributed by atoms with Crippen LogP contribution >= 0.6 is 22.9 Å². The van der Waals surface area contributed by atoms with Crippen LogP contribution in [0.4, 0.5) is 13.2 Å². The summed E-state index contributed by atoms with van der Waals surface area (Å²) in [7, 11) is 1.60. The Morgan fingerprint density at radius 3 is 2.53 bits per heavy atom. The fourth-order valence-electron chi connectivity index (χ4n) is 0.925. The lowest BCUT2D eigenvalue weighted by Crippen LogP contribution is -2.24. The zero-order valence-electron chi connectivity index (χ0n) is 7.88. The van der Waals surface area contributed by atoms with Crippen LogP contribution in [-0.4, -0.2) is 34.9 Å². The van der Waals surface area contributed by atoms with Gasteiger partial charge in [-0.05, 0) is 18.6 Å². The van der Waals surface area contributed by atoms with Gasteiger partial charge in [0.1, 0.15) is 5.01 Å². The Morgan fingerprint density at radius 2 is 2.07 bits per heavy atom. The highest BCUT2D eigenvalue weighted by atomic mass is 35.5. The Bertz CT molecular complexity index is 315. The molecule has 3 nitrogen and oxygen atoms in total. The van der Waals surface area contributed by atoms with Crippen molar-refractivity contribution in [2.24, 2.45) is 0 Å². The third-order valence-corrected chi connectivity index (χ3v) is 2.63. The van der Waals surface area contributed by atoms with Crippen molar-refractivity contribution in [3.05, 3.63) is 9.47 Å². The number of hydrogen-bond acceptors (Lipinski definition) is 4. The zero-order chi connectivity index (χ0) is 11.5. The van der Waals surface area contributed by atoms with E-state index >= 15 is 0 Å². The molecule has 0 saturated carbocycles. The minimum Gasteiger partial charge on any atom is -0.299 e. The van der Waals surface area contributed by atoms with Crippen LogP contribution in [0.2, 0.25) is 4.47 Å². The Hall–Kier alpha value is -0.400. The van der Waals surface area contributed by atoms with Crippen LogP contribution in [0.5, 0.6) is 0 Å². The molecule has 0 atom stereocenters. The van der Waals surface area contributed by atoms with E-state index in [1.807, 2.05) is 0 Å². The van der Waals surface area contributed by atoms with E-state index in [4.69, 9.17) is 11.6 Å². The van der Waals surface area contributed by atoms with E-state index in [0.717, 1.165) is 0 Å². The van der Waals surface area contributed by atoms with E-state index in [9.17, 15) is 13.2 Å². The third-order valence-electron chi connectivity index (χ3n) is 1.62. The average Bonchev–Trinajstić information content (AvgIpc) is 2.47. The molecule has 15 heavy (non-hydrogen) atoms. The number of halogens is 4. The summed E-state index contributed by atoms with van der Waals surface area (Å²) in [6, 6.07) is 0. The average molecular weight is 260 g/mol. The molecule has 0 amide bonds. The standard InChI is InChI=1S/C7H9ClF3N3S/c1-14(3-2-7(9,10)11)4-5-12-13-6(8)15-5/h2-4H2,1H3. The van der Waals surface area contributed by atoms with Crippen molar-refractivity contribution < 1.29 is 13.2 Å². The van der Waals surface area contributed by atoms with Gasteiger partial charge >= 0.3 is 6.18 Å². The maximum atomic E-state index is 11.9. The van der Waals surface area contributed by atoms with Gasteiger partial charge < -0.3 is 0 Å². The Morgan fingerprint density at radius 1 is 1.40 bits per heavy atom. The molecule has 1 rings (SSSR count). The Labute approximate surface area is 93.9 Å². The van der Waals surface area contributed by atoms with Crippen LogP contribution in [0.3, 0.4) is 0 Å². The predicted octanol–water partition coefficient (Wildman–Crippen LogP) is 2.58. The SMILES string of the molecule is CN(CCC(F)(F)F)Cc1nnc(Cl)s1. The van der Waals surface area contributed by atoms with Gasteiger partial charge in [-0.2, -0.15) is 13.2 Å². The van der Waals surface area contributed by atoms with E-state index in [1.54, 1.807) is 7.05 Å². The lowest BCUT2D eigenvalue weighted by molar-refractivity contribution is -0.137. The minimum absolute atomic E-state index is 0.0549. The van der Waals surface area contributed by atoms with E-state index in [1.165, 1.54) is 16.2 Å². The van der Waals surface area contributed by atoms with E-state index in [-0.39, 0.29) is 6.54 Å². The van der Waals surface area contributed by atoms with Crippen LogP contribution < -0.4 is 0 Å². The number of rotatable bonds is 4. The molecule has 0 aliphatic rings. The molecule has 0 aliphatic carbocycles. The van der Waals surface area contributed by atoms with Crippen molar-refractivity contribution in [2.45, 2.75) is 19.1 Å². The molecule has 0 aromatic carbocycles. The second-order valence-electron chi connectivity index (χ2n) is 3.05. The molecule has 0 N–H and O–H groups in total. The van der Waals surface area contributed by atoms with E-state index < -0.39 is 12.6 Å². The fraction of sp³-hybridized carbons (Fsp3) is 0.714. The zero-order valence-corrected chi connectivity index (χ0v) is 9.46. The lowest BCUT2D eigenvalue weighted by atomic mass is 10.4. The van der Waals surface area contributed by atoms with Crippen molar-refractivity contribution in [1.29, 1.82) is 0 Å². The van der Waals surface area contributed by atoms with Crippen LogP contribution in [0.15, 0.2) is 0 Å². The van der Waals surface area contributed by atoms with Gasteiger partial charge in [0.15, 0.2) is 0 Å². The summed E-state index contributed by atoms with van der Waals surface area (Å²) in [5, 5.41) is 7.89. The maximum Gasteiger partial charge on any atom is 0.390 e. The number of alkyl halides is 3. The number of aromatic nitrogens is 2. The largest absolute Gasteiger partial charge is 0.390 e. The lowest BCUT2D eigenvalue weighted by Gasteiger charge is -2.15. The topological polar surface area (TPSA) is 29.0 Å².